The molecule has 2 aromatic carbocycles. The summed E-state index contributed by atoms with van der Waals surface area (Å²) in [5, 5.41) is 5.37. The van der Waals surface area contributed by atoms with Gasteiger partial charge in [-0.25, -0.2) is 18.2 Å². The molecule has 1 aliphatic heterocycles. The van der Waals surface area contributed by atoms with E-state index in [4.69, 9.17) is 5.73 Å². The highest BCUT2D eigenvalue weighted by molar-refractivity contribution is 6.03. The average molecular weight is 653 g/mol. The molecular weight excluding hydrogens is 614 g/mol. The van der Waals surface area contributed by atoms with E-state index < -0.39 is 53.0 Å². The van der Waals surface area contributed by atoms with Crippen LogP contribution in [0.1, 0.15) is 81.3 Å². The number of rotatable bonds is 7. The highest BCUT2D eigenvalue weighted by Gasteiger charge is 2.42. The van der Waals surface area contributed by atoms with Gasteiger partial charge in [0.2, 0.25) is 11.9 Å². The molecule has 0 bridgehead atoms. The third kappa shape index (κ3) is 6.90. The van der Waals surface area contributed by atoms with Crippen molar-refractivity contribution >= 4 is 40.2 Å². The molecule has 1 saturated carbocycles. The molecule has 14 heteroatoms. The number of nitrogens with one attached hydrogen (secondary N) is 2. The van der Waals surface area contributed by atoms with Gasteiger partial charge < -0.3 is 25.8 Å². The van der Waals surface area contributed by atoms with Crippen molar-refractivity contribution in [3.63, 3.8) is 0 Å². The van der Waals surface area contributed by atoms with Crippen LogP contribution in [0, 0.1) is 23.0 Å². The van der Waals surface area contributed by atoms with Crippen molar-refractivity contribution in [2.75, 3.05) is 23.3 Å². The number of carbonyl (C=O) groups is 2. The Morgan fingerprint density at radius 3 is 2.24 bits per heavy atom. The van der Waals surface area contributed by atoms with Gasteiger partial charge in [-0.1, -0.05) is 26.8 Å². The minimum Gasteiger partial charge on any atom is -0.371 e. The highest BCUT2D eigenvalue weighted by atomic mass is 19.4. The molecule has 2 heterocycles. The zero-order valence-corrected chi connectivity index (χ0v) is 25.9. The summed E-state index contributed by atoms with van der Waals surface area (Å²) in [4.78, 5) is 31.3. The van der Waals surface area contributed by atoms with Crippen LogP contribution < -0.4 is 21.3 Å². The molecule has 1 aromatic heterocycles. The normalized spacial score (nSPS) is 19.8. The molecule has 1 aliphatic carbocycles. The summed E-state index contributed by atoms with van der Waals surface area (Å²) >= 11 is 0. The fraction of sp³-hybridized carbons (Fsp3) is 0.531. The van der Waals surface area contributed by atoms with Gasteiger partial charge in [0.15, 0.2) is 5.82 Å². The maximum Gasteiger partial charge on any atom is 0.391 e. The molecular formula is C32H38F6N6O2. The Kier molecular flexibility index (Phi) is 9.20. The molecule has 1 saturated heterocycles. The first-order valence-electron chi connectivity index (χ1n) is 15.4. The quantitative estimate of drug-likeness (QED) is 0.237. The Morgan fingerprint density at radius 2 is 1.65 bits per heavy atom. The molecule has 8 nitrogen and oxygen atoms in total. The Morgan fingerprint density at radius 1 is 1.00 bits per heavy atom. The van der Waals surface area contributed by atoms with E-state index in [9.17, 15) is 27.2 Å². The standard InChI is InChI=1S/C32H38F6N6O2/c1-31(2,3)29(46)40-16-17-4-9-22(34)27(26(17)35)42-30-41-23-14-21(28(39)45)24(43-12-10-19(33)11-13-43)15-25(23)44(30)20-7-5-18(6-8-20)32(36,37)38/h4,9,14-15,18-20H,5-8,10-13,16H2,1-3H3,(H2,39,45)(H,40,46)(H,41,42). The number of benzene rings is 2. The SMILES string of the molecule is CC(C)(C)C(=O)NCc1ccc(F)c(Nc2nc3cc(C(N)=O)c(N4CCC(F)CC4)cc3n2C2CCC(C(F)(F)F)CC2)c1F. The lowest BCUT2D eigenvalue weighted by molar-refractivity contribution is -0.183. The number of primary amides is 1. The number of hydrogen-bond acceptors (Lipinski definition) is 5. The van der Waals surface area contributed by atoms with Crippen LogP contribution in [-0.4, -0.2) is 46.8 Å². The average Bonchev–Trinajstić information content (AvgIpc) is 3.34. The number of piperidine rings is 1. The number of carbonyl (C=O) groups excluding carboxylic acids is 2. The van der Waals surface area contributed by atoms with Crippen LogP contribution in [0.2, 0.25) is 0 Å². The van der Waals surface area contributed by atoms with E-state index in [0.717, 1.165) is 6.07 Å². The second-order valence-corrected chi connectivity index (χ2v) is 13.2. The van der Waals surface area contributed by atoms with E-state index in [0.29, 0.717) is 24.3 Å². The summed E-state index contributed by atoms with van der Waals surface area (Å²) < 4.78 is 87.1. The molecule has 2 amide bonds. The van der Waals surface area contributed by atoms with Gasteiger partial charge in [-0.2, -0.15) is 13.2 Å². The summed E-state index contributed by atoms with van der Waals surface area (Å²) in [6.07, 6.45) is -4.88. The smallest absolute Gasteiger partial charge is 0.371 e. The van der Waals surface area contributed by atoms with Gasteiger partial charge >= 0.3 is 6.18 Å². The van der Waals surface area contributed by atoms with Crippen molar-refractivity contribution in [3.05, 3.63) is 47.0 Å². The van der Waals surface area contributed by atoms with Crippen molar-refractivity contribution in [3.8, 4) is 0 Å². The first kappa shape index (κ1) is 33.4. The molecule has 46 heavy (non-hydrogen) atoms. The summed E-state index contributed by atoms with van der Waals surface area (Å²) in [6.45, 7) is 5.51. The number of alkyl halides is 4. The largest absolute Gasteiger partial charge is 0.391 e. The van der Waals surface area contributed by atoms with Crippen molar-refractivity contribution in [1.82, 2.24) is 14.9 Å². The van der Waals surface area contributed by atoms with E-state index >= 15 is 8.78 Å². The summed E-state index contributed by atoms with van der Waals surface area (Å²) in [7, 11) is 0. The number of nitrogens with two attached hydrogens (primary N) is 1. The van der Waals surface area contributed by atoms with Gasteiger partial charge in [0.1, 0.15) is 17.7 Å². The predicted octanol–water partition coefficient (Wildman–Crippen LogP) is 7.05. The van der Waals surface area contributed by atoms with Crippen molar-refractivity contribution in [1.29, 1.82) is 0 Å². The molecule has 0 spiro atoms. The minimum absolute atomic E-state index is 0.00409. The second-order valence-electron chi connectivity index (χ2n) is 13.2. The molecule has 5 rings (SSSR count). The number of hydrogen-bond donors (Lipinski definition) is 3. The molecule has 3 aromatic rings. The van der Waals surface area contributed by atoms with E-state index in [-0.39, 0.29) is 73.6 Å². The van der Waals surface area contributed by atoms with Crippen LogP contribution in [0.15, 0.2) is 24.3 Å². The van der Waals surface area contributed by atoms with Crippen LogP contribution in [0.4, 0.5) is 43.7 Å². The second kappa shape index (κ2) is 12.7. The fourth-order valence-corrected chi connectivity index (χ4v) is 6.20. The summed E-state index contributed by atoms with van der Waals surface area (Å²) in [5.41, 5.74) is 5.65. The number of nitrogens with zero attached hydrogens (tertiary/aromatic N) is 3. The molecule has 2 aliphatic rings. The predicted molar refractivity (Wildman–Crippen MR) is 163 cm³/mol. The van der Waals surface area contributed by atoms with Gasteiger partial charge in [0.25, 0.3) is 5.91 Å². The Labute approximate surface area is 262 Å². The summed E-state index contributed by atoms with van der Waals surface area (Å²) in [6, 6.07) is 4.83. The Balaban J connectivity index is 1.58. The van der Waals surface area contributed by atoms with E-state index in [1.165, 1.54) is 12.1 Å². The molecule has 2 fully saturated rings. The zero-order chi connectivity index (χ0) is 33.6. The van der Waals surface area contributed by atoms with Gasteiger partial charge in [-0.05, 0) is 56.7 Å². The maximum atomic E-state index is 15.8. The number of halogens is 6. The lowest BCUT2D eigenvalue weighted by Crippen LogP contribution is -2.35. The first-order chi connectivity index (χ1) is 21.5. The van der Waals surface area contributed by atoms with Crippen LogP contribution in [0.3, 0.4) is 0 Å². The van der Waals surface area contributed by atoms with Crippen molar-refractivity contribution < 1.29 is 35.9 Å². The number of imidazole rings is 1. The molecule has 250 valence electrons. The van der Waals surface area contributed by atoms with Gasteiger partial charge in [0.05, 0.1) is 28.2 Å². The molecule has 4 N–H and O–H groups in total. The maximum absolute atomic E-state index is 15.8. The van der Waals surface area contributed by atoms with Gasteiger partial charge in [-0.15, -0.1) is 0 Å². The number of fused-ring (bicyclic) bond motifs is 1. The fourth-order valence-electron chi connectivity index (χ4n) is 6.20. The summed E-state index contributed by atoms with van der Waals surface area (Å²) in [5.74, 6) is -4.51. The molecule has 0 unspecified atom stereocenters. The lowest BCUT2D eigenvalue weighted by Gasteiger charge is -2.33. The molecule has 0 atom stereocenters. The number of aromatic nitrogens is 2. The van der Waals surface area contributed by atoms with Crippen LogP contribution in [0.25, 0.3) is 11.0 Å². The van der Waals surface area contributed by atoms with Crippen LogP contribution >= 0.6 is 0 Å². The number of amides is 2. The first-order valence-corrected chi connectivity index (χ1v) is 15.4. The zero-order valence-electron chi connectivity index (χ0n) is 25.9. The highest BCUT2D eigenvalue weighted by Crippen LogP contribution is 2.44. The minimum atomic E-state index is -4.34. The third-order valence-electron chi connectivity index (χ3n) is 8.89. The lowest BCUT2D eigenvalue weighted by atomic mass is 9.85. The van der Waals surface area contributed by atoms with Gasteiger partial charge in [-0.3, -0.25) is 9.59 Å². The Hall–Kier alpha value is -3.97. The topological polar surface area (TPSA) is 105 Å². The van der Waals surface area contributed by atoms with Gasteiger partial charge in [0, 0.05) is 36.7 Å². The third-order valence-corrected chi connectivity index (χ3v) is 8.89. The molecule has 0 radical (unpaired) electrons. The van der Waals surface area contributed by atoms with Crippen LogP contribution in [0.5, 0.6) is 0 Å². The Bertz CT molecular complexity index is 1620. The van der Waals surface area contributed by atoms with E-state index in [1.54, 1.807) is 31.4 Å². The van der Waals surface area contributed by atoms with Crippen molar-refractivity contribution in [2.45, 2.75) is 84.2 Å². The number of anilines is 3. The van der Waals surface area contributed by atoms with Crippen LogP contribution in [-0.2, 0) is 11.3 Å². The van der Waals surface area contributed by atoms with E-state index in [1.807, 2.05) is 4.90 Å². The van der Waals surface area contributed by atoms with Crippen molar-refractivity contribution in [2.24, 2.45) is 17.1 Å². The monoisotopic (exact) mass is 652 g/mol. The van der Waals surface area contributed by atoms with E-state index in [2.05, 4.69) is 15.6 Å².